The summed E-state index contributed by atoms with van der Waals surface area (Å²) in [6, 6.07) is 23.0. The minimum atomic E-state index is -0.779. The number of allylic oxidation sites excluding steroid dienone is 2. The highest BCUT2D eigenvalue weighted by Gasteiger charge is 2.41. The van der Waals surface area contributed by atoms with Crippen LogP contribution in [0.5, 0.6) is 0 Å². The summed E-state index contributed by atoms with van der Waals surface area (Å²) in [6.45, 7) is 6.97. The number of nitrogens with zero attached hydrogens (tertiary/aromatic N) is 1. The summed E-state index contributed by atoms with van der Waals surface area (Å²) in [6.07, 6.45) is 0. The van der Waals surface area contributed by atoms with Crippen LogP contribution in [-0.4, -0.2) is 49.4 Å². The largest absolute Gasteiger partial charge is 0.463 e. The van der Waals surface area contributed by atoms with E-state index in [1.54, 1.807) is 39.0 Å². The summed E-state index contributed by atoms with van der Waals surface area (Å²) in [5.74, 6) is -1.88. The highest BCUT2D eigenvalue weighted by Crippen LogP contribution is 2.47. The molecule has 1 unspecified atom stereocenters. The van der Waals surface area contributed by atoms with E-state index in [1.165, 1.54) is 5.56 Å². The van der Waals surface area contributed by atoms with E-state index in [4.69, 9.17) is 9.47 Å². The Hall–Kier alpha value is -4.49. The molecule has 1 heterocycles. The van der Waals surface area contributed by atoms with Gasteiger partial charge in [-0.1, -0.05) is 72.8 Å². The Balaban J connectivity index is 1.50. The number of likely N-dealkylation sites (N-methyl/N-ethyl adjacent to an activating group) is 1. The standard InChI is InChI=1S/C34H34N2O5/c1-5-40-33(38)28-21(2)35-22(3)29(34(39)41-19-18-36(4)20-23-12-7-6-8-13-23)31(28)26-16-11-17-27-30(26)24-14-9-10-15-25(24)32(27)37/h6-17,31,35H,5,18-20H2,1-4H3. The van der Waals surface area contributed by atoms with Gasteiger partial charge in [-0.3, -0.25) is 9.69 Å². The molecule has 7 heteroatoms. The Morgan fingerprint density at radius 1 is 0.805 bits per heavy atom. The smallest absolute Gasteiger partial charge is 0.336 e. The zero-order chi connectivity index (χ0) is 29.1. The predicted molar refractivity (Wildman–Crippen MR) is 157 cm³/mol. The van der Waals surface area contributed by atoms with E-state index >= 15 is 0 Å². The van der Waals surface area contributed by atoms with Gasteiger partial charge in [0.1, 0.15) is 6.61 Å². The van der Waals surface area contributed by atoms with Gasteiger partial charge in [0.2, 0.25) is 0 Å². The van der Waals surface area contributed by atoms with Crippen LogP contribution < -0.4 is 5.32 Å². The van der Waals surface area contributed by atoms with E-state index in [1.807, 2.05) is 49.5 Å². The van der Waals surface area contributed by atoms with Crippen molar-refractivity contribution in [2.45, 2.75) is 33.2 Å². The summed E-state index contributed by atoms with van der Waals surface area (Å²) in [5.41, 5.74) is 6.39. The van der Waals surface area contributed by atoms with Gasteiger partial charge in [-0.05, 0) is 50.1 Å². The van der Waals surface area contributed by atoms with Crippen molar-refractivity contribution < 1.29 is 23.9 Å². The third kappa shape index (κ3) is 5.45. The third-order valence-corrected chi connectivity index (χ3v) is 7.57. The number of fused-ring (bicyclic) bond motifs is 3. The first-order chi connectivity index (χ1) is 19.8. The summed E-state index contributed by atoms with van der Waals surface area (Å²) in [5, 5.41) is 3.21. The zero-order valence-electron chi connectivity index (χ0n) is 23.8. The lowest BCUT2D eigenvalue weighted by Gasteiger charge is -2.31. The molecule has 0 amide bonds. The fourth-order valence-electron chi connectivity index (χ4n) is 5.75. The number of ketones is 1. The maximum atomic E-state index is 13.8. The number of esters is 2. The minimum Gasteiger partial charge on any atom is -0.463 e. The number of carbonyl (C=O) groups is 3. The molecule has 0 aromatic heterocycles. The normalized spacial score (nSPS) is 15.9. The van der Waals surface area contributed by atoms with E-state index in [0.717, 1.165) is 17.7 Å². The van der Waals surface area contributed by atoms with Crippen molar-refractivity contribution in [3.05, 3.63) is 118 Å². The molecule has 3 aromatic rings. The van der Waals surface area contributed by atoms with Gasteiger partial charge >= 0.3 is 11.9 Å². The van der Waals surface area contributed by atoms with Gasteiger partial charge in [0, 0.05) is 35.6 Å². The number of hydrogen-bond donors (Lipinski definition) is 1. The summed E-state index contributed by atoms with van der Waals surface area (Å²) < 4.78 is 11.3. The van der Waals surface area contributed by atoms with Crippen LogP contribution in [0.15, 0.2) is 95.3 Å². The topological polar surface area (TPSA) is 84.9 Å². The van der Waals surface area contributed by atoms with Gasteiger partial charge in [0.15, 0.2) is 5.78 Å². The van der Waals surface area contributed by atoms with E-state index in [0.29, 0.717) is 45.8 Å². The van der Waals surface area contributed by atoms with Crippen LogP contribution >= 0.6 is 0 Å². The van der Waals surface area contributed by atoms with Gasteiger partial charge in [0.05, 0.1) is 23.7 Å². The van der Waals surface area contributed by atoms with Gasteiger partial charge in [-0.2, -0.15) is 0 Å². The Kier molecular flexibility index (Phi) is 8.17. The lowest BCUT2D eigenvalue weighted by molar-refractivity contribution is -0.140. The molecule has 0 radical (unpaired) electrons. The number of dihydropyridines is 1. The molecule has 7 nitrogen and oxygen atoms in total. The molecular formula is C34H34N2O5. The fourth-order valence-corrected chi connectivity index (χ4v) is 5.75. The lowest BCUT2D eigenvalue weighted by Crippen LogP contribution is -2.33. The summed E-state index contributed by atoms with van der Waals surface area (Å²) in [7, 11) is 1.98. The molecule has 210 valence electrons. The van der Waals surface area contributed by atoms with Crippen molar-refractivity contribution in [3.63, 3.8) is 0 Å². The highest BCUT2D eigenvalue weighted by atomic mass is 16.5. The van der Waals surface area contributed by atoms with Crippen molar-refractivity contribution >= 4 is 17.7 Å². The van der Waals surface area contributed by atoms with Gasteiger partial charge < -0.3 is 14.8 Å². The second-order valence-corrected chi connectivity index (χ2v) is 10.4. The van der Waals surface area contributed by atoms with Crippen molar-refractivity contribution in [1.29, 1.82) is 0 Å². The Labute approximate surface area is 240 Å². The minimum absolute atomic E-state index is 0.0731. The molecule has 1 N–H and O–H groups in total. The SMILES string of the molecule is CCOC(=O)C1=C(C)NC(C)=C(C(=O)OCCN(C)Cc2ccccc2)C1c1cccc2c1-c1ccccc1C2=O. The molecule has 0 saturated carbocycles. The van der Waals surface area contributed by atoms with E-state index in [2.05, 4.69) is 22.3 Å². The summed E-state index contributed by atoms with van der Waals surface area (Å²) >= 11 is 0. The first kappa shape index (κ1) is 28.1. The molecule has 41 heavy (non-hydrogen) atoms. The molecule has 0 saturated heterocycles. The number of carbonyl (C=O) groups excluding carboxylic acids is 3. The maximum Gasteiger partial charge on any atom is 0.336 e. The lowest BCUT2D eigenvalue weighted by atomic mass is 9.77. The van der Waals surface area contributed by atoms with Gasteiger partial charge in [-0.15, -0.1) is 0 Å². The van der Waals surface area contributed by atoms with Crippen LogP contribution in [-0.2, 0) is 25.6 Å². The van der Waals surface area contributed by atoms with Gasteiger partial charge in [0.25, 0.3) is 0 Å². The number of rotatable bonds is 9. The molecule has 2 aliphatic rings. The van der Waals surface area contributed by atoms with E-state index in [9.17, 15) is 14.4 Å². The van der Waals surface area contributed by atoms with Crippen LogP contribution in [0.2, 0.25) is 0 Å². The van der Waals surface area contributed by atoms with E-state index in [-0.39, 0.29) is 19.0 Å². The second-order valence-electron chi connectivity index (χ2n) is 10.4. The number of benzene rings is 3. The van der Waals surface area contributed by atoms with Crippen molar-refractivity contribution in [2.24, 2.45) is 0 Å². The molecule has 0 fully saturated rings. The Morgan fingerprint density at radius 3 is 2.10 bits per heavy atom. The van der Waals surface area contributed by atoms with Crippen LogP contribution in [0.25, 0.3) is 11.1 Å². The van der Waals surface area contributed by atoms with Gasteiger partial charge in [-0.25, -0.2) is 9.59 Å². The molecule has 5 rings (SSSR count). The van der Waals surface area contributed by atoms with Crippen LogP contribution in [0.4, 0.5) is 0 Å². The van der Waals surface area contributed by atoms with Crippen LogP contribution in [0.3, 0.4) is 0 Å². The second kappa shape index (κ2) is 11.9. The number of nitrogens with one attached hydrogen (secondary N) is 1. The molecule has 1 aliphatic carbocycles. The van der Waals surface area contributed by atoms with Crippen molar-refractivity contribution in [3.8, 4) is 11.1 Å². The monoisotopic (exact) mass is 550 g/mol. The van der Waals surface area contributed by atoms with Crippen LogP contribution in [0.1, 0.15) is 53.7 Å². The van der Waals surface area contributed by atoms with Crippen LogP contribution in [0, 0.1) is 0 Å². The van der Waals surface area contributed by atoms with Crippen molar-refractivity contribution in [1.82, 2.24) is 10.2 Å². The van der Waals surface area contributed by atoms with Crippen molar-refractivity contribution in [2.75, 3.05) is 26.8 Å². The molecule has 1 atom stereocenters. The fraction of sp³-hybridized carbons (Fsp3) is 0.265. The number of ether oxygens (including phenoxy) is 2. The maximum absolute atomic E-state index is 13.8. The zero-order valence-corrected chi connectivity index (χ0v) is 23.8. The average molecular weight is 551 g/mol. The number of hydrogen-bond acceptors (Lipinski definition) is 7. The molecule has 3 aromatic carbocycles. The Bertz CT molecular complexity index is 1570. The summed E-state index contributed by atoms with van der Waals surface area (Å²) in [4.78, 5) is 42.6. The molecule has 0 bridgehead atoms. The average Bonchev–Trinajstić information content (AvgIpc) is 3.25. The first-order valence-corrected chi connectivity index (χ1v) is 13.8. The Morgan fingerprint density at radius 2 is 1.41 bits per heavy atom. The highest BCUT2D eigenvalue weighted by molar-refractivity contribution is 6.22. The predicted octanol–water partition coefficient (Wildman–Crippen LogP) is 5.37. The third-order valence-electron chi connectivity index (χ3n) is 7.57. The quantitative estimate of drug-likeness (QED) is 0.281. The molecular weight excluding hydrogens is 516 g/mol. The molecule has 1 aliphatic heterocycles. The first-order valence-electron chi connectivity index (χ1n) is 13.8. The van der Waals surface area contributed by atoms with E-state index < -0.39 is 17.9 Å². The molecule has 0 spiro atoms.